The molecule has 1 atom stereocenters. The van der Waals surface area contributed by atoms with Gasteiger partial charge in [-0.15, -0.1) is 0 Å². The van der Waals surface area contributed by atoms with Gasteiger partial charge in [-0.05, 0) is 17.2 Å². The molecular weight excluding hydrogens is 366 g/mol. The molecule has 0 radical (unpaired) electrons. The number of ether oxygens (including phenoxy) is 1. The van der Waals surface area contributed by atoms with Crippen molar-refractivity contribution in [2.24, 2.45) is 0 Å². The molecule has 1 saturated heterocycles. The van der Waals surface area contributed by atoms with E-state index in [1.165, 1.54) is 0 Å². The van der Waals surface area contributed by atoms with Gasteiger partial charge in [-0.1, -0.05) is 48.5 Å². The summed E-state index contributed by atoms with van der Waals surface area (Å²) in [5.74, 6) is -0.159. The zero-order chi connectivity index (χ0) is 20.1. The molecule has 4 rings (SSSR count). The lowest BCUT2D eigenvalue weighted by atomic mass is 10.0. The number of amides is 2. The third kappa shape index (κ3) is 4.66. The van der Waals surface area contributed by atoms with Gasteiger partial charge in [-0.3, -0.25) is 14.5 Å². The Morgan fingerprint density at radius 3 is 2.52 bits per heavy atom. The maximum Gasteiger partial charge on any atom is 0.255 e. The van der Waals surface area contributed by atoms with Crippen LogP contribution in [0.3, 0.4) is 0 Å². The van der Waals surface area contributed by atoms with Crippen LogP contribution >= 0.6 is 0 Å². The van der Waals surface area contributed by atoms with Gasteiger partial charge in [-0.25, -0.2) is 0 Å². The van der Waals surface area contributed by atoms with Gasteiger partial charge in [-0.2, -0.15) is 0 Å². The van der Waals surface area contributed by atoms with Gasteiger partial charge < -0.3 is 15.0 Å². The first-order chi connectivity index (χ1) is 14.2. The number of carbonyl (C=O) groups is 2. The zero-order valence-electron chi connectivity index (χ0n) is 16.5. The van der Waals surface area contributed by atoms with Crippen molar-refractivity contribution in [1.29, 1.82) is 0 Å². The van der Waals surface area contributed by atoms with E-state index in [0.717, 1.165) is 44.0 Å². The number of fused-ring (bicyclic) bond motifs is 1. The maximum absolute atomic E-state index is 13.1. The van der Waals surface area contributed by atoms with Crippen molar-refractivity contribution in [3.8, 4) is 0 Å². The minimum absolute atomic E-state index is 0.0649. The number of rotatable bonds is 7. The third-order valence-electron chi connectivity index (χ3n) is 5.63. The highest BCUT2D eigenvalue weighted by Gasteiger charge is 2.36. The predicted octanol–water partition coefficient (Wildman–Crippen LogP) is 1.70. The highest BCUT2D eigenvalue weighted by molar-refractivity contribution is 6.01. The van der Waals surface area contributed by atoms with Gasteiger partial charge in [0, 0.05) is 44.7 Å². The number of carbonyl (C=O) groups excluding carboxylic acids is 2. The van der Waals surface area contributed by atoms with Crippen molar-refractivity contribution in [3.63, 3.8) is 0 Å². The standard InChI is InChI=1S/C23H27N3O3/c27-22(24-10-11-25-12-14-29-15-13-25)21(16-18-6-2-1-3-7-18)26-17-19-8-4-5-9-20(19)23(26)28/h1-9,21H,10-17H2,(H,24,27)/t21-/m1/s1. The van der Waals surface area contributed by atoms with Gasteiger partial charge in [0.1, 0.15) is 6.04 Å². The second-order valence-corrected chi connectivity index (χ2v) is 7.54. The van der Waals surface area contributed by atoms with Crippen LogP contribution in [0.4, 0.5) is 0 Å². The molecule has 6 nitrogen and oxygen atoms in total. The summed E-state index contributed by atoms with van der Waals surface area (Å²) in [4.78, 5) is 30.1. The molecule has 2 aliphatic rings. The Morgan fingerprint density at radius 2 is 1.76 bits per heavy atom. The molecule has 2 aromatic rings. The molecule has 2 amide bonds. The number of benzene rings is 2. The zero-order valence-corrected chi connectivity index (χ0v) is 16.5. The van der Waals surface area contributed by atoms with E-state index in [0.29, 0.717) is 25.1 Å². The average Bonchev–Trinajstić information content (AvgIpc) is 3.10. The molecule has 1 fully saturated rings. The van der Waals surface area contributed by atoms with Crippen molar-refractivity contribution in [3.05, 3.63) is 71.3 Å². The van der Waals surface area contributed by atoms with E-state index in [-0.39, 0.29) is 11.8 Å². The Morgan fingerprint density at radius 1 is 1.03 bits per heavy atom. The summed E-state index contributed by atoms with van der Waals surface area (Å²) in [6, 6.07) is 17.0. The fraction of sp³-hybridized carbons (Fsp3) is 0.391. The molecule has 0 unspecified atom stereocenters. The molecular formula is C23H27N3O3. The van der Waals surface area contributed by atoms with E-state index < -0.39 is 6.04 Å². The fourth-order valence-corrected chi connectivity index (χ4v) is 3.99. The number of morpholine rings is 1. The second-order valence-electron chi connectivity index (χ2n) is 7.54. The first kappa shape index (κ1) is 19.6. The van der Waals surface area contributed by atoms with Crippen LogP contribution in [-0.4, -0.2) is 67.0 Å². The van der Waals surface area contributed by atoms with Crippen LogP contribution in [-0.2, 0) is 22.5 Å². The summed E-state index contributed by atoms with van der Waals surface area (Å²) in [7, 11) is 0. The molecule has 29 heavy (non-hydrogen) atoms. The van der Waals surface area contributed by atoms with Gasteiger partial charge in [0.2, 0.25) is 5.91 Å². The van der Waals surface area contributed by atoms with Crippen LogP contribution in [0.5, 0.6) is 0 Å². The molecule has 0 bridgehead atoms. The Bertz CT molecular complexity index is 849. The van der Waals surface area contributed by atoms with E-state index in [2.05, 4.69) is 10.2 Å². The van der Waals surface area contributed by atoms with E-state index >= 15 is 0 Å². The number of nitrogens with one attached hydrogen (secondary N) is 1. The molecule has 1 N–H and O–H groups in total. The largest absolute Gasteiger partial charge is 0.379 e. The molecule has 0 spiro atoms. The molecule has 2 aromatic carbocycles. The van der Waals surface area contributed by atoms with Gasteiger partial charge in [0.15, 0.2) is 0 Å². The molecule has 6 heteroatoms. The first-order valence-electron chi connectivity index (χ1n) is 10.2. The van der Waals surface area contributed by atoms with Gasteiger partial charge >= 0.3 is 0 Å². The smallest absolute Gasteiger partial charge is 0.255 e. The van der Waals surface area contributed by atoms with Crippen LogP contribution in [0.25, 0.3) is 0 Å². The highest BCUT2D eigenvalue weighted by atomic mass is 16.5. The molecule has 2 heterocycles. The van der Waals surface area contributed by atoms with Crippen LogP contribution in [0.15, 0.2) is 54.6 Å². The van der Waals surface area contributed by atoms with E-state index in [1.54, 1.807) is 4.90 Å². The molecule has 152 valence electrons. The molecule has 0 saturated carbocycles. The van der Waals surface area contributed by atoms with E-state index in [4.69, 9.17) is 4.74 Å². The summed E-state index contributed by atoms with van der Waals surface area (Å²) in [6.07, 6.45) is 0.504. The fourth-order valence-electron chi connectivity index (χ4n) is 3.99. The van der Waals surface area contributed by atoms with Crippen molar-refractivity contribution in [1.82, 2.24) is 15.1 Å². The summed E-state index contributed by atoms with van der Waals surface area (Å²) in [6.45, 7) is 5.10. The normalized spacial score (nSPS) is 17.8. The Hall–Kier alpha value is -2.70. The van der Waals surface area contributed by atoms with E-state index in [1.807, 2.05) is 54.6 Å². The minimum Gasteiger partial charge on any atom is -0.379 e. The highest BCUT2D eigenvalue weighted by Crippen LogP contribution is 2.25. The van der Waals surface area contributed by atoms with E-state index in [9.17, 15) is 9.59 Å². The van der Waals surface area contributed by atoms with Crippen LogP contribution < -0.4 is 5.32 Å². The SMILES string of the molecule is O=C(NCCN1CCOCC1)[C@@H](Cc1ccccc1)N1Cc2ccccc2C1=O. The Kier molecular flexibility index (Phi) is 6.22. The van der Waals surface area contributed by atoms with Crippen molar-refractivity contribution < 1.29 is 14.3 Å². The maximum atomic E-state index is 13.1. The summed E-state index contributed by atoms with van der Waals surface area (Å²) in [5, 5.41) is 3.06. The topological polar surface area (TPSA) is 61.9 Å². The third-order valence-corrected chi connectivity index (χ3v) is 5.63. The van der Waals surface area contributed by atoms with Crippen LogP contribution in [0.1, 0.15) is 21.5 Å². The van der Waals surface area contributed by atoms with Crippen LogP contribution in [0, 0.1) is 0 Å². The number of nitrogens with zero attached hydrogens (tertiary/aromatic N) is 2. The second kappa shape index (κ2) is 9.20. The summed E-state index contributed by atoms with van der Waals surface area (Å²) >= 11 is 0. The molecule has 0 aromatic heterocycles. The van der Waals surface area contributed by atoms with Crippen molar-refractivity contribution >= 4 is 11.8 Å². The van der Waals surface area contributed by atoms with Gasteiger partial charge in [0.25, 0.3) is 5.91 Å². The summed E-state index contributed by atoms with van der Waals surface area (Å²) < 4.78 is 5.37. The molecule has 0 aliphatic carbocycles. The quantitative estimate of drug-likeness (QED) is 0.778. The van der Waals surface area contributed by atoms with Crippen LogP contribution in [0.2, 0.25) is 0 Å². The average molecular weight is 393 g/mol. The molecule has 2 aliphatic heterocycles. The number of hydrogen-bond donors (Lipinski definition) is 1. The minimum atomic E-state index is -0.526. The number of hydrogen-bond acceptors (Lipinski definition) is 4. The monoisotopic (exact) mass is 393 g/mol. The Labute approximate surface area is 171 Å². The Balaban J connectivity index is 1.45. The first-order valence-corrected chi connectivity index (χ1v) is 10.2. The van der Waals surface area contributed by atoms with Gasteiger partial charge in [0.05, 0.1) is 13.2 Å². The van der Waals surface area contributed by atoms with Crippen molar-refractivity contribution in [2.75, 3.05) is 39.4 Å². The lowest BCUT2D eigenvalue weighted by Gasteiger charge is -2.29. The lowest BCUT2D eigenvalue weighted by molar-refractivity contribution is -0.125. The van der Waals surface area contributed by atoms with Crippen molar-refractivity contribution in [2.45, 2.75) is 19.0 Å². The summed E-state index contributed by atoms with van der Waals surface area (Å²) in [5.41, 5.74) is 2.73. The lowest BCUT2D eigenvalue weighted by Crippen LogP contribution is -2.50. The predicted molar refractivity (Wildman–Crippen MR) is 111 cm³/mol.